The molecule has 0 aromatic heterocycles. The fourth-order valence-electron chi connectivity index (χ4n) is 3.84. The van der Waals surface area contributed by atoms with Crippen LogP contribution in [-0.4, -0.2) is 46.9 Å². The third-order valence-electron chi connectivity index (χ3n) is 5.67. The third kappa shape index (κ3) is 4.39. The molecule has 7 nitrogen and oxygen atoms in total. The molecule has 3 aromatic carbocycles. The van der Waals surface area contributed by atoms with Crippen molar-refractivity contribution in [2.75, 3.05) is 33.2 Å². The van der Waals surface area contributed by atoms with E-state index in [0.717, 1.165) is 16.8 Å². The zero-order valence-electron chi connectivity index (χ0n) is 19.1. The Morgan fingerprint density at radius 3 is 2.18 bits per heavy atom. The zero-order valence-corrected chi connectivity index (χ0v) is 19.9. The maximum absolute atomic E-state index is 13.6. The van der Waals surface area contributed by atoms with Gasteiger partial charge in [-0.25, -0.2) is 0 Å². The van der Waals surface area contributed by atoms with Crippen LogP contribution in [-0.2, 0) is 10.0 Å². The first-order chi connectivity index (χ1) is 15.8. The van der Waals surface area contributed by atoms with Crippen LogP contribution in [0.2, 0.25) is 0 Å². The van der Waals surface area contributed by atoms with Gasteiger partial charge >= 0.3 is 0 Å². The molecule has 33 heavy (non-hydrogen) atoms. The van der Waals surface area contributed by atoms with Crippen LogP contribution in [0, 0.1) is 0 Å². The summed E-state index contributed by atoms with van der Waals surface area (Å²) in [5.41, 5.74) is 3.36. The molecule has 0 aliphatic carbocycles. The number of hydrazone groups is 1. The van der Waals surface area contributed by atoms with Gasteiger partial charge in [0.2, 0.25) is 0 Å². The highest BCUT2D eigenvalue weighted by Crippen LogP contribution is 2.39. The van der Waals surface area contributed by atoms with Crippen molar-refractivity contribution in [2.24, 2.45) is 5.10 Å². The summed E-state index contributed by atoms with van der Waals surface area (Å²) in [4.78, 5) is 2.21. The predicted octanol–water partition coefficient (Wildman–Crippen LogP) is 4.31. The summed E-state index contributed by atoms with van der Waals surface area (Å²) in [7, 11) is 3.23. The molecule has 1 heterocycles. The molecule has 0 bridgehead atoms. The smallest absolute Gasteiger partial charge is 0.279 e. The number of benzene rings is 3. The van der Waals surface area contributed by atoms with E-state index in [-0.39, 0.29) is 4.90 Å². The molecule has 0 fully saturated rings. The van der Waals surface area contributed by atoms with Gasteiger partial charge in [0.05, 0.1) is 30.9 Å². The van der Waals surface area contributed by atoms with Gasteiger partial charge in [-0.1, -0.05) is 30.3 Å². The number of nitrogens with zero attached hydrogens (tertiary/aromatic N) is 3. The fourth-order valence-corrected chi connectivity index (χ4v) is 5.30. The maximum Gasteiger partial charge on any atom is 0.279 e. The van der Waals surface area contributed by atoms with Crippen molar-refractivity contribution in [3.8, 4) is 11.5 Å². The van der Waals surface area contributed by atoms with E-state index in [2.05, 4.69) is 5.10 Å². The Kier molecular flexibility index (Phi) is 6.29. The van der Waals surface area contributed by atoms with E-state index >= 15 is 0 Å². The molecule has 1 atom stereocenters. The van der Waals surface area contributed by atoms with Crippen LogP contribution in [0.5, 0.6) is 11.5 Å². The number of rotatable bonds is 7. The second-order valence-electron chi connectivity index (χ2n) is 7.91. The van der Waals surface area contributed by atoms with Crippen LogP contribution in [0.3, 0.4) is 0 Å². The van der Waals surface area contributed by atoms with Gasteiger partial charge in [-0.2, -0.15) is 17.9 Å². The molecule has 0 spiro atoms. The van der Waals surface area contributed by atoms with Crippen LogP contribution in [0.4, 0.5) is 5.69 Å². The number of sulfonamides is 1. The Morgan fingerprint density at radius 2 is 1.58 bits per heavy atom. The topological polar surface area (TPSA) is 71.4 Å². The molecule has 1 unspecified atom stereocenters. The van der Waals surface area contributed by atoms with Gasteiger partial charge in [0.25, 0.3) is 10.0 Å². The summed E-state index contributed by atoms with van der Waals surface area (Å²) < 4.78 is 39.1. The molecule has 1 aliphatic heterocycles. The highest BCUT2D eigenvalue weighted by atomic mass is 32.2. The van der Waals surface area contributed by atoms with E-state index in [1.165, 1.54) is 4.41 Å². The first kappa shape index (κ1) is 22.7. The van der Waals surface area contributed by atoms with Crippen molar-refractivity contribution in [1.82, 2.24) is 4.41 Å². The lowest BCUT2D eigenvalue weighted by Crippen LogP contribution is -2.27. The number of methoxy groups -OCH3 is 2. The van der Waals surface area contributed by atoms with Crippen molar-refractivity contribution in [1.29, 1.82) is 0 Å². The first-order valence-corrected chi connectivity index (χ1v) is 12.0. The lowest BCUT2D eigenvalue weighted by atomic mass is 9.98. The number of hydrogen-bond acceptors (Lipinski definition) is 6. The molecule has 172 valence electrons. The quantitative estimate of drug-likeness (QED) is 0.520. The van der Waals surface area contributed by atoms with Crippen molar-refractivity contribution < 1.29 is 17.9 Å². The second-order valence-corrected chi connectivity index (χ2v) is 9.71. The van der Waals surface area contributed by atoms with Crippen LogP contribution >= 0.6 is 0 Å². The summed E-state index contributed by atoms with van der Waals surface area (Å²) in [5.74, 6) is 1.17. The largest absolute Gasteiger partial charge is 0.493 e. The Hall–Kier alpha value is -3.52. The molecule has 8 heteroatoms. The van der Waals surface area contributed by atoms with E-state index in [1.54, 1.807) is 50.6 Å². The number of ether oxygens (including phenoxy) is 2. The first-order valence-electron chi connectivity index (χ1n) is 10.5. The van der Waals surface area contributed by atoms with Crippen LogP contribution < -0.4 is 14.4 Å². The summed E-state index contributed by atoms with van der Waals surface area (Å²) in [6.07, 6.45) is 0.433. The average molecular weight is 466 g/mol. The number of hydrogen-bond donors (Lipinski definition) is 0. The summed E-state index contributed by atoms with van der Waals surface area (Å²) >= 11 is 0. The summed E-state index contributed by atoms with van der Waals surface area (Å²) in [6, 6.07) is 21.3. The molecule has 0 saturated carbocycles. The van der Waals surface area contributed by atoms with Gasteiger partial charge in [-0.3, -0.25) is 0 Å². The van der Waals surface area contributed by atoms with Gasteiger partial charge in [0.1, 0.15) is 0 Å². The summed E-state index contributed by atoms with van der Waals surface area (Å²) in [6.45, 7) is 0. The Morgan fingerprint density at radius 1 is 0.909 bits per heavy atom. The van der Waals surface area contributed by atoms with Gasteiger partial charge in [-0.05, 0) is 48.0 Å². The van der Waals surface area contributed by atoms with Gasteiger partial charge in [-0.15, -0.1) is 0 Å². The highest BCUT2D eigenvalue weighted by molar-refractivity contribution is 7.89. The SMILES string of the molecule is COc1ccc(C2=NN(S(=O)(=O)c3ccccc3)C(c3ccc(N(C)C)cc3)C2)cc1OC. The van der Waals surface area contributed by atoms with E-state index in [1.807, 2.05) is 55.4 Å². The van der Waals surface area contributed by atoms with Gasteiger partial charge < -0.3 is 14.4 Å². The molecule has 0 saturated heterocycles. The normalized spacial score (nSPS) is 15.8. The lowest BCUT2D eigenvalue weighted by molar-refractivity contribution is 0.355. The Balaban J connectivity index is 1.78. The van der Waals surface area contributed by atoms with Crippen molar-refractivity contribution in [3.63, 3.8) is 0 Å². The minimum Gasteiger partial charge on any atom is -0.493 e. The van der Waals surface area contributed by atoms with Crippen LogP contribution in [0.1, 0.15) is 23.6 Å². The van der Waals surface area contributed by atoms with Gasteiger partial charge in [0.15, 0.2) is 11.5 Å². The van der Waals surface area contributed by atoms with Crippen LogP contribution in [0.25, 0.3) is 0 Å². The van der Waals surface area contributed by atoms with E-state index in [0.29, 0.717) is 23.6 Å². The Labute approximate surface area is 194 Å². The molecule has 1 aliphatic rings. The predicted molar refractivity (Wildman–Crippen MR) is 130 cm³/mol. The minimum absolute atomic E-state index is 0.206. The van der Waals surface area contributed by atoms with E-state index < -0.39 is 16.1 Å². The molecular weight excluding hydrogens is 438 g/mol. The van der Waals surface area contributed by atoms with E-state index in [9.17, 15) is 8.42 Å². The third-order valence-corrected chi connectivity index (χ3v) is 7.37. The van der Waals surface area contributed by atoms with Crippen molar-refractivity contribution >= 4 is 21.4 Å². The zero-order chi connectivity index (χ0) is 23.6. The summed E-state index contributed by atoms with van der Waals surface area (Å²) in [5, 5.41) is 4.61. The standard InChI is InChI=1S/C25H27N3O4S/c1-27(2)20-13-10-18(11-14-20)23-17-22(19-12-15-24(31-3)25(16-19)32-4)26-28(23)33(29,30)21-8-6-5-7-9-21/h5-16,23H,17H2,1-4H3. The molecule has 0 N–H and O–H groups in total. The molecule has 3 aromatic rings. The van der Waals surface area contributed by atoms with Crippen molar-refractivity contribution in [2.45, 2.75) is 17.4 Å². The number of anilines is 1. The second kappa shape index (κ2) is 9.15. The minimum atomic E-state index is -3.85. The van der Waals surface area contributed by atoms with Gasteiger partial charge in [0, 0.05) is 31.8 Å². The fraction of sp³-hybridized carbons (Fsp3) is 0.240. The van der Waals surface area contributed by atoms with E-state index in [4.69, 9.17) is 9.47 Å². The lowest BCUT2D eigenvalue weighted by Gasteiger charge is -2.24. The maximum atomic E-state index is 13.6. The molecule has 0 radical (unpaired) electrons. The molecular formula is C25H27N3O4S. The average Bonchev–Trinajstić information content (AvgIpc) is 3.30. The molecule has 0 amide bonds. The monoisotopic (exact) mass is 465 g/mol. The Bertz CT molecular complexity index is 1260. The van der Waals surface area contributed by atoms with Crippen molar-refractivity contribution in [3.05, 3.63) is 83.9 Å². The highest BCUT2D eigenvalue weighted by Gasteiger charge is 2.37. The molecule has 4 rings (SSSR count). The van der Waals surface area contributed by atoms with Crippen LogP contribution in [0.15, 0.2) is 82.8 Å².